The monoisotopic (exact) mass is 315 g/mol. The zero-order chi connectivity index (χ0) is 15.2. The molecule has 5 heteroatoms. The fourth-order valence-corrected chi connectivity index (χ4v) is 2.10. The van der Waals surface area contributed by atoms with Crippen molar-refractivity contribution in [3.8, 4) is 0 Å². The SMILES string of the molecule is CCC(C)(CCO)NC(=O)/C=C/c1cccc(Cl)c1Cl. The van der Waals surface area contributed by atoms with Crippen molar-refractivity contribution in [2.75, 3.05) is 6.61 Å². The first-order valence-corrected chi connectivity index (χ1v) is 7.22. The van der Waals surface area contributed by atoms with E-state index >= 15 is 0 Å². The maximum atomic E-state index is 11.9. The molecule has 0 aliphatic heterocycles. The maximum Gasteiger partial charge on any atom is 0.244 e. The Balaban J connectivity index is 2.75. The van der Waals surface area contributed by atoms with Crippen LogP contribution in [0.1, 0.15) is 32.3 Å². The Morgan fingerprint density at radius 1 is 1.45 bits per heavy atom. The molecule has 1 atom stereocenters. The van der Waals surface area contributed by atoms with Crippen molar-refractivity contribution < 1.29 is 9.90 Å². The number of hydrogen-bond acceptors (Lipinski definition) is 2. The minimum Gasteiger partial charge on any atom is -0.396 e. The number of amides is 1. The number of benzene rings is 1. The van der Waals surface area contributed by atoms with Crippen LogP contribution in [0.15, 0.2) is 24.3 Å². The summed E-state index contributed by atoms with van der Waals surface area (Å²) in [6.07, 6.45) is 4.30. The van der Waals surface area contributed by atoms with Crippen LogP contribution in [-0.2, 0) is 4.79 Å². The second kappa shape index (κ2) is 7.67. The molecular formula is C15H19Cl2NO2. The number of aliphatic hydroxyl groups is 1. The maximum absolute atomic E-state index is 11.9. The van der Waals surface area contributed by atoms with Gasteiger partial charge in [0.05, 0.1) is 10.0 Å². The Hall–Kier alpha value is -1.03. The third-order valence-electron chi connectivity index (χ3n) is 3.26. The van der Waals surface area contributed by atoms with Crippen LogP contribution in [0, 0.1) is 0 Å². The van der Waals surface area contributed by atoms with E-state index in [0.29, 0.717) is 22.0 Å². The minimum absolute atomic E-state index is 0.0362. The summed E-state index contributed by atoms with van der Waals surface area (Å²) in [5.41, 5.74) is 0.281. The molecule has 3 nitrogen and oxygen atoms in total. The van der Waals surface area contributed by atoms with Gasteiger partial charge < -0.3 is 10.4 Å². The van der Waals surface area contributed by atoms with Gasteiger partial charge in [-0.15, -0.1) is 0 Å². The molecule has 0 radical (unpaired) electrons. The number of carbonyl (C=O) groups is 1. The van der Waals surface area contributed by atoms with Crippen molar-refractivity contribution in [1.29, 1.82) is 0 Å². The van der Waals surface area contributed by atoms with Crippen molar-refractivity contribution in [3.05, 3.63) is 39.9 Å². The lowest BCUT2D eigenvalue weighted by Crippen LogP contribution is -2.45. The topological polar surface area (TPSA) is 49.3 Å². The van der Waals surface area contributed by atoms with Gasteiger partial charge >= 0.3 is 0 Å². The smallest absolute Gasteiger partial charge is 0.244 e. The highest BCUT2D eigenvalue weighted by molar-refractivity contribution is 6.42. The molecule has 0 fully saturated rings. The fourth-order valence-electron chi connectivity index (χ4n) is 1.73. The number of nitrogens with one attached hydrogen (secondary N) is 1. The van der Waals surface area contributed by atoms with Gasteiger partial charge in [-0.3, -0.25) is 4.79 Å². The van der Waals surface area contributed by atoms with E-state index in [9.17, 15) is 4.79 Å². The molecular weight excluding hydrogens is 297 g/mol. The standard InChI is InChI=1S/C15H19Cl2NO2/c1-3-15(2,9-10-19)18-13(20)8-7-11-5-4-6-12(16)14(11)17/h4-8,19H,3,9-10H2,1-2H3,(H,18,20)/b8-7+. The van der Waals surface area contributed by atoms with Crippen LogP contribution in [0.4, 0.5) is 0 Å². The van der Waals surface area contributed by atoms with Crippen LogP contribution in [0.25, 0.3) is 6.08 Å². The highest BCUT2D eigenvalue weighted by Gasteiger charge is 2.22. The molecule has 0 saturated heterocycles. The second-order valence-electron chi connectivity index (χ2n) is 4.85. The van der Waals surface area contributed by atoms with Crippen LogP contribution < -0.4 is 5.32 Å². The first kappa shape index (κ1) is 17.0. The van der Waals surface area contributed by atoms with Gasteiger partial charge in [0.15, 0.2) is 0 Å². The lowest BCUT2D eigenvalue weighted by molar-refractivity contribution is -0.118. The Kier molecular flexibility index (Phi) is 6.53. The molecule has 1 rings (SSSR count). The van der Waals surface area contributed by atoms with Crippen LogP contribution in [0.3, 0.4) is 0 Å². The van der Waals surface area contributed by atoms with Crippen LogP contribution >= 0.6 is 23.2 Å². The molecule has 20 heavy (non-hydrogen) atoms. The van der Waals surface area contributed by atoms with Gasteiger partial charge in [0.1, 0.15) is 0 Å². The predicted molar refractivity (Wildman–Crippen MR) is 84.0 cm³/mol. The molecule has 1 amide bonds. The summed E-state index contributed by atoms with van der Waals surface area (Å²) < 4.78 is 0. The van der Waals surface area contributed by atoms with Crippen molar-refractivity contribution in [3.63, 3.8) is 0 Å². The number of halogens is 2. The van der Waals surface area contributed by atoms with E-state index in [1.165, 1.54) is 6.08 Å². The third kappa shape index (κ3) is 4.82. The van der Waals surface area contributed by atoms with Gasteiger partial charge in [-0.2, -0.15) is 0 Å². The summed E-state index contributed by atoms with van der Waals surface area (Å²) in [7, 11) is 0. The normalized spacial score (nSPS) is 14.2. The fraction of sp³-hybridized carbons (Fsp3) is 0.400. The minimum atomic E-state index is -0.408. The van der Waals surface area contributed by atoms with Gasteiger partial charge in [-0.1, -0.05) is 42.3 Å². The van der Waals surface area contributed by atoms with Crippen LogP contribution in [0.5, 0.6) is 0 Å². The average Bonchev–Trinajstić information content (AvgIpc) is 2.40. The summed E-state index contributed by atoms with van der Waals surface area (Å²) in [6, 6.07) is 5.25. The Morgan fingerprint density at radius 3 is 2.75 bits per heavy atom. The molecule has 0 aromatic heterocycles. The van der Waals surface area contributed by atoms with Crippen molar-refractivity contribution in [1.82, 2.24) is 5.32 Å². The lowest BCUT2D eigenvalue weighted by Gasteiger charge is -2.28. The number of hydrogen-bond donors (Lipinski definition) is 2. The van der Waals surface area contributed by atoms with Gasteiger partial charge in [-0.25, -0.2) is 0 Å². The first-order valence-electron chi connectivity index (χ1n) is 6.47. The molecule has 1 aromatic rings. The van der Waals surface area contributed by atoms with E-state index in [0.717, 1.165) is 6.42 Å². The first-order chi connectivity index (χ1) is 9.41. The zero-order valence-corrected chi connectivity index (χ0v) is 13.1. The quantitative estimate of drug-likeness (QED) is 0.787. The molecule has 0 spiro atoms. The molecule has 1 unspecified atom stereocenters. The Bertz CT molecular complexity index is 503. The summed E-state index contributed by atoms with van der Waals surface area (Å²) in [5, 5.41) is 12.8. The summed E-state index contributed by atoms with van der Waals surface area (Å²) in [6.45, 7) is 3.91. The van der Waals surface area contributed by atoms with Gasteiger partial charge in [-0.05, 0) is 37.5 Å². The molecule has 0 heterocycles. The highest BCUT2D eigenvalue weighted by atomic mass is 35.5. The molecule has 2 N–H and O–H groups in total. The van der Waals surface area contributed by atoms with Crippen LogP contribution in [0.2, 0.25) is 10.0 Å². The lowest BCUT2D eigenvalue weighted by atomic mass is 9.95. The van der Waals surface area contributed by atoms with E-state index < -0.39 is 5.54 Å². The summed E-state index contributed by atoms with van der Waals surface area (Å²) in [4.78, 5) is 11.9. The third-order valence-corrected chi connectivity index (χ3v) is 4.10. The Morgan fingerprint density at radius 2 is 2.15 bits per heavy atom. The molecule has 0 bridgehead atoms. The van der Waals surface area contributed by atoms with Crippen molar-refractivity contribution >= 4 is 35.2 Å². The molecule has 0 saturated carbocycles. The van der Waals surface area contributed by atoms with Crippen molar-refractivity contribution in [2.45, 2.75) is 32.2 Å². The van der Waals surface area contributed by atoms with Crippen LogP contribution in [-0.4, -0.2) is 23.2 Å². The number of aliphatic hydroxyl groups excluding tert-OH is 1. The zero-order valence-electron chi connectivity index (χ0n) is 11.6. The van der Waals surface area contributed by atoms with E-state index in [1.54, 1.807) is 24.3 Å². The molecule has 110 valence electrons. The average molecular weight is 316 g/mol. The molecule has 0 aliphatic carbocycles. The van der Waals surface area contributed by atoms with Gasteiger partial charge in [0, 0.05) is 18.2 Å². The van der Waals surface area contributed by atoms with Gasteiger partial charge in [0.25, 0.3) is 0 Å². The van der Waals surface area contributed by atoms with E-state index in [4.69, 9.17) is 28.3 Å². The summed E-state index contributed by atoms with van der Waals surface area (Å²) in [5.74, 6) is -0.223. The van der Waals surface area contributed by atoms with E-state index in [-0.39, 0.29) is 12.5 Å². The summed E-state index contributed by atoms with van der Waals surface area (Å²) >= 11 is 11.9. The second-order valence-corrected chi connectivity index (χ2v) is 5.64. The largest absolute Gasteiger partial charge is 0.396 e. The highest BCUT2D eigenvalue weighted by Crippen LogP contribution is 2.26. The van der Waals surface area contributed by atoms with E-state index in [1.807, 2.05) is 13.8 Å². The van der Waals surface area contributed by atoms with Gasteiger partial charge in [0.2, 0.25) is 5.91 Å². The van der Waals surface area contributed by atoms with Crippen molar-refractivity contribution in [2.24, 2.45) is 0 Å². The predicted octanol–water partition coefficient (Wildman–Crippen LogP) is 3.67. The van der Waals surface area contributed by atoms with E-state index in [2.05, 4.69) is 5.32 Å². The molecule has 1 aromatic carbocycles. The Labute approximate surface area is 129 Å². The molecule has 0 aliphatic rings. The number of carbonyl (C=O) groups excluding carboxylic acids is 1. The number of rotatable bonds is 6.